The second-order valence-corrected chi connectivity index (χ2v) is 2.76. The molecule has 0 N–H and O–H groups in total. The number of hydrogen-bond acceptors (Lipinski definition) is 0. The van der Waals surface area contributed by atoms with E-state index in [1.807, 2.05) is 0 Å². The van der Waals surface area contributed by atoms with Gasteiger partial charge in [0.25, 0.3) is 0 Å². The molecule has 0 saturated carbocycles. The molecule has 2 heteroatoms. The van der Waals surface area contributed by atoms with E-state index in [1.54, 1.807) is 0 Å². The van der Waals surface area contributed by atoms with Crippen molar-refractivity contribution in [1.82, 2.24) is 0 Å². The zero-order valence-electron chi connectivity index (χ0n) is 7.49. The van der Waals surface area contributed by atoms with Crippen LogP contribution in [0.1, 0.15) is 22.3 Å². The molecule has 0 nitrogen and oxygen atoms in total. The van der Waals surface area contributed by atoms with Crippen molar-refractivity contribution < 1.29 is 21.7 Å². The summed E-state index contributed by atoms with van der Waals surface area (Å²) in [6.45, 7) is 8.68. The van der Waals surface area contributed by atoms with Crippen molar-refractivity contribution in [1.29, 1.82) is 0 Å². The minimum absolute atomic E-state index is 0. The Kier molecular flexibility index (Phi) is 6.43. The summed E-state index contributed by atoms with van der Waals surface area (Å²) >= 11 is 0. The molecule has 0 aliphatic carbocycles. The van der Waals surface area contributed by atoms with E-state index in [2.05, 4.69) is 33.8 Å². The second kappa shape index (κ2) is 5.08. The fourth-order valence-electron chi connectivity index (χ4n) is 1.13. The maximum Gasteiger partial charge on any atom is 0 e. The molecule has 0 aliphatic rings. The van der Waals surface area contributed by atoms with E-state index >= 15 is 0 Å². The van der Waals surface area contributed by atoms with Crippen molar-refractivity contribution in [3.05, 3.63) is 28.3 Å². The third kappa shape index (κ3) is 2.70. The topological polar surface area (TPSA) is 0 Å². The van der Waals surface area contributed by atoms with Crippen LogP contribution in [-0.4, -0.2) is 0 Å². The van der Waals surface area contributed by atoms with Gasteiger partial charge in [0.15, 0.2) is 0 Å². The molecule has 0 bridgehead atoms. The Morgan fingerprint density at radius 1 is 0.818 bits per heavy atom. The maximum absolute atomic E-state index is 2.24. The fraction of sp³-hybridized carbons (Fsp3) is 0.444. The zero-order valence-corrected chi connectivity index (χ0v) is 9.86. The predicted molar refractivity (Wildman–Crippen MR) is 48.2 cm³/mol. The molecule has 0 spiro atoms. The number of rotatable bonds is 0. The monoisotopic (exact) mass is 205 g/mol. The molecule has 62 valence electrons. The number of halogens is 1. The molecule has 0 saturated heterocycles. The molecule has 0 unspecified atom stereocenters. The largest absolute Gasteiger partial charge is 0.196 e. The van der Waals surface area contributed by atoms with Crippen molar-refractivity contribution in [3.8, 4) is 0 Å². The average Bonchev–Trinajstić information content (AvgIpc) is 1.98. The van der Waals surface area contributed by atoms with Gasteiger partial charge in [-0.2, -0.15) is 28.3 Å². The smallest absolute Gasteiger partial charge is 0 e. The summed E-state index contributed by atoms with van der Waals surface area (Å²) in [7, 11) is 0. The van der Waals surface area contributed by atoms with Crippen LogP contribution in [0.15, 0.2) is 6.07 Å². The van der Waals surface area contributed by atoms with E-state index in [1.165, 1.54) is 22.3 Å². The minimum atomic E-state index is 0. The van der Waals surface area contributed by atoms with Gasteiger partial charge in [-0.15, -0.1) is 12.4 Å². The maximum atomic E-state index is 2.24. The quantitative estimate of drug-likeness (QED) is 0.451. The van der Waals surface area contributed by atoms with E-state index < -0.39 is 0 Å². The molecular formula is C9H14ClTi-. The van der Waals surface area contributed by atoms with Crippen LogP contribution in [0.5, 0.6) is 0 Å². The van der Waals surface area contributed by atoms with E-state index in [4.69, 9.17) is 0 Å². The third-order valence-electron chi connectivity index (χ3n) is 2.18. The van der Waals surface area contributed by atoms with Crippen LogP contribution in [0.4, 0.5) is 0 Å². The Bertz CT molecular complexity index is 203. The first-order valence-electron chi connectivity index (χ1n) is 3.33. The van der Waals surface area contributed by atoms with Crippen molar-refractivity contribution in [3.63, 3.8) is 0 Å². The van der Waals surface area contributed by atoms with E-state index in [9.17, 15) is 0 Å². The first kappa shape index (κ1) is 13.9. The average molecular weight is 206 g/mol. The molecule has 1 aromatic rings. The molecule has 0 aromatic heterocycles. The van der Waals surface area contributed by atoms with Crippen LogP contribution in [0.3, 0.4) is 0 Å². The van der Waals surface area contributed by atoms with Gasteiger partial charge in [-0.05, 0) is 0 Å². The Morgan fingerprint density at radius 3 is 1.18 bits per heavy atom. The summed E-state index contributed by atoms with van der Waals surface area (Å²) in [5.74, 6) is 0. The van der Waals surface area contributed by atoms with Crippen molar-refractivity contribution in [2.75, 3.05) is 0 Å². The van der Waals surface area contributed by atoms with Crippen LogP contribution >= 0.6 is 12.4 Å². The number of aryl methyl sites for hydroxylation is 2. The van der Waals surface area contributed by atoms with Gasteiger partial charge >= 0.3 is 0 Å². The Hall–Kier alpha value is 0.354. The fourth-order valence-corrected chi connectivity index (χ4v) is 1.13. The van der Waals surface area contributed by atoms with Gasteiger partial charge in [0, 0.05) is 21.7 Å². The molecule has 0 heterocycles. The molecule has 1 aromatic carbocycles. The molecule has 0 radical (unpaired) electrons. The molecular weight excluding hydrogens is 191 g/mol. The Labute approximate surface area is 90.0 Å². The Balaban J connectivity index is 0. The molecule has 0 atom stereocenters. The summed E-state index contributed by atoms with van der Waals surface area (Å²) in [6.07, 6.45) is 0. The van der Waals surface area contributed by atoms with Gasteiger partial charge in [-0.25, -0.2) is 0 Å². The van der Waals surface area contributed by atoms with E-state index in [0.717, 1.165) is 0 Å². The van der Waals surface area contributed by atoms with E-state index in [-0.39, 0.29) is 34.1 Å². The van der Waals surface area contributed by atoms with Crippen LogP contribution in [0.2, 0.25) is 0 Å². The first-order valence-corrected chi connectivity index (χ1v) is 3.33. The van der Waals surface area contributed by atoms with E-state index in [0.29, 0.717) is 0 Å². The summed E-state index contributed by atoms with van der Waals surface area (Å²) in [4.78, 5) is 0. The third-order valence-corrected chi connectivity index (χ3v) is 2.18. The van der Waals surface area contributed by atoms with Crippen LogP contribution in [0, 0.1) is 27.7 Å². The number of hydrogen-bond donors (Lipinski definition) is 0. The Morgan fingerprint density at radius 2 is 1.09 bits per heavy atom. The van der Waals surface area contributed by atoms with Gasteiger partial charge < -0.3 is 0 Å². The van der Waals surface area contributed by atoms with Gasteiger partial charge in [-0.3, -0.25) is 0 Å². The van der Waals surface area contributed by atoms with Gasteiger partial charge in [0.05, 0.1) is 0 Å². The van der Waals surface area contributed by atoms with Crippen LogP contribution < -0.4 is 0 Å². The van der Waals surface area contributed by atoms with Crippen LogP contribution in [-0.2, 0) is 21.7 Å². The molecule has 1 rings (SSSR count). The van der Waals surface area contributed by atoms with Gasteiger partial charge in [0.1, 0.15) is 0 Å². The normalized spacial score (nSPS) is 8.36. The van der Waals surface area contributed by atoms with Crippen molar-refractivity contribution >= 4 is 12.4 Å². The van der Waals surface area contributed by atoms with Gasteiger partial charge in [0.2, 0.25) is 0 Å². The minimum Gasteiger partial charge on any atom is -0.196 e. The SMILES string of the molecule is Cc1[cH-]c(C)c(C)c1C.Cl.[Ti]. The zero-order chi connectivity index (χ0) is 7.02. The standard InChI is InChI=1S/C9H13.ClH.Ti/c1-6-5-7(2)9(4)8(6)3;;/h5H,1-4H3;1H;/q-1;;. The molecule has 0 fully saturated rings. The first-order chi connectivity index (χ1) is 4.13. The van der Waals surface area contributed by atoms with Crippen molar-refractivity contribution in [2.24, 2.45) is 0 Å². The summed E-state index contributed by atoms with van der Waals surface area (Å²) in [5.41, 5.74) is 5.75. The van der Waals surface area contributed by atoms with Gasteiger partial charge in [-0.1, -0.05) is 27.7 Å². The van der Waals surface area contributed by atoms with Crippen molar-refractivity contribution in [2.45, 2.75) is 27.7 Å². The summed E-state index contributed by atoms with van der Waals surface area (Å²) in [5, 5.41) is 0. The second-order valence-electron chi connectivity index (χ2n) is 2.76. The molecule has 0 amide bonds. The summed E-state index contributed by atoms with van der Waals surface area (Å²) in [6, 6.07) is 2.24. The molecule has 0 aliphatic heterocycles. The summed E-state index contributed by atoms with van der Waals surface area (Å²) < 4.78 is 0. The molecule has 11 heavy (non-hydrogen) atoms. The predicted octanol–water partition coefficient (Wildman–Crippen LogP) is 3.06. The van der Waals surface area contributed by atoms with Crippen LogP contribution in [0.25, 0.3) is 0 Å².